The second-order valence-corrected chi connectivity index (χ2v) is 6.67. The van der Waals surface area contributed by atoms with Gasteiger partial charge in [0.25, 0.3) is 5.91 Å². The quantitative estimate of drug-likeness (QED) is 0.791. The Kier molecular flexibility index (Phi) is 4.54. The van der Waals surface area contributed by atoms with Crippen LogP contribution in [0.25, 0.3) is 10.8 Å². The molecule has 5 heteroatoms. The first-order valence-electron chi connectivity index (χ1n) is 8.89. The van der Waals surface area contributed by atoms with E-state index in [9.17, 15) is 4.79 Å². The highest BCUT2D eigenvalue weighted by atomic mass is 16.1. The fourth-order valence-corrected chi connectivity index (χ4v) is 3.30. The zero-order chi connectivity index (χ0) is 17.9. The third-order valence-corrected chi connectivity index (χ3v) is 4.87. The van der Waals surface area contributed by atoms with Crippen LogP contribution in [0.3, 0.4) is 0 Å². The number of amides is 1. The van der Waals surface area contributed by atoms with Crippen LogP contribution in [0.4, 0.5) is 11.5 Å². The van der Waals surface area contributed by atoms with E-state index in [1.54, 1.807) is 12.3 Å². The number of nitrogens with one attached hydrogen (secondary N) is 1. The lowest BCUT2D eigenvalue weighted by molar-refractivity contribution is 0.102. The Morgan fingerprint density at radius 3 is 2.62 bits per heavy atom. The Balaban J connectivity index is 1.56. The SMILES string of the molecule is CN1CCN(c2cc(C(=O)Nc3cccc4ccccc34)ccn2)CC1. The molecule has 2 heterocycles. The van der Waals surface area contributed by atoms with Gasteiger partial charge < -0.3 is 15.1 Å². The summed E-state index contributed by atoms with van der Waals surface area (Å²) < 4.78 is 0. The fraction of sp³-hybridized carbons (Fsp3) is 0.238. The number of nitrogens with zero attached hydrogens (tertiary/aromatic N) is 3. The molecule has 1 amide bonds. The molecule has 0 unspecified atom stereocenters. The molecule has 0 atom stereocenters. The number of carbonyl (C=O) groups is 1. The summed E-state index contributed by atoms with van der Waals surface area (Å²) in [4.78, 5) is 21.8. The highest BCUT2D eigenvalue weighted by Crippen LogP contribution is 2.24. The van der Waals surface area contributed by atoms with Crippen LogP contribution >= 0.6 is 0 Å². The first-order valence-corrected chi connectivity index (χ1v) is 8.89. The molecule has 26 heavy (non-hydrogen) atoms. The van der Waals surface area contributed by atoms with Crippen molar-refractivity contribution in [3.8, 4) is 0 Å². The number of anilines is 2. The molecule has 5 nitrogen and oxygen atoms in total. The van der Waals surface area contributed by atoms with E-state index in [1.807, 2.05) is 48.5 Å². The van der Waals surface area contributed by atoms with Crippen LogP contribution in [0.5, 0.6) is 0 Å². The molecule has 1 aliphatic heterocycles. The van der Waals surface area contributed by atoms with Crippen LogP contribution in [0.2, 0.25) is 0 Å². The molecule has 1 saturated heterocycles. The highest BCUT2D eigenvalue weighted by Gasteiger charge is 2.17. The van der Waals surface area contributed by atoms with Gasteiger partial charge in [-0.25, -0.2) is 4.98 Å². The fourth-order valence-electron chi connectivity index (χ4n) is 3.30. The summed E-state index contributed by atoms with van der Waals surface area (Å²) in [6.45, 7) is 3.87. The molecule has 1 N–H and O–H groups in total. The molecular weight excluding hydrogens is 324 g/mol. The predicted molar refractivity (Wildman–Crippen MR) is 106 cm³/mol. The minimum absolute atomic E-state index is 0.112. The molecule has 0 saturated carbocycles. The maximum Gasteiger partial charge on any atom is 0.255 e. The van der Waals surface area contributed by atoms with Crippen LogP contribution in [0.1, 0.15) is 10.4 Å². The molecule has 1 fully saturated rings. The van der Waals surface area contributed by atoms with E-state index < -0.39 is 0 Å². The first kappa shape index (κ1) is 16.5. The maximum atomic E-state index is 12.8. The van der Waals surface area contributed by atoms with Gasteiger partial charge in [0.2, 0.25) is 0 Å². The number of benzene rings is 2. The smallest absolute Gasteiger partial charge is 0.255 e. The molecule has 0 bridgehead atoms. The van der Waals surface area contributed by atoms with Gasteiger partial charge in [0.1, 0.15) is 5.82 Å². The van der Waals surface area contributed by atoms with Crippen molar-refractivity contribution in [2.75, 3.05) is 43.4 Å². The summed E-state index contributed by atoms with van der Waals surface area (Å²) in [7, 11) is 2.12. The van der Waals surface area contributed by atoms with Crippen LogP contribution < -0.4 is 10.2 Å². The standard InChI is InChI=1S/C21H22N4O/c1-24-11-13-25(14-12-24)20-15-17(9-10-22-20)21(26)23-19-8-4-6-16-5-2-3-7-18(16)19/h2-10,15H,11-14H2,1H3,(H,23,26). The number of likely N-dealkylation sites (N-methyl/N-ethyl adjacent to an activating group) is 1. The lowest BCUT2D eigenvalue weighted by Crippen LogP contribution is -2.44. The summed E-state index contributed by atoms with van der Waals surface area (Å²) in [5, 5.41) is 5.19. The zero-order valence-corrected chi connectivity index (χ0v) is 14.9. The molecule has 132 valence electrons. The molecule has 0 radical (unpaired) electrons. The van der Waals surface area contributed by atoms with Gasteiger partial charge in [0.15, 0.2) is 0 Å². The summed E-state index contributed by atoms with van der Waals surface area (Å²) in [6.07, 6.45) is 1.71. The molecule has 1 aromatic heterocycles. The Labute approximate surface area is 153 Å². The van der Waals surface area contributed by atoms with E-state index in [0.717, 1.165) is 48.5 Å². The summed E-state index contributed by atoms with van der Waals surface area (Å²) in [5.41, 5.74) is 1.45. The van der Waals surface area contributed by atoms with Crippen LogP contribution in [0, 0.1) is 0 Å². The largest absolute Gasteiger partial charge is 0.354 e. The average molecular weight is 346 g/mol. The highest BCUT2D eigenvalue weighted by molar-refractivity contribution is 6.09. The zero-order valence-electron chi connectivity index (χ0n) is 14.9. The first-order chi connectivity index (χ1) is 12.7. The van der Waals surface area contributed by atoms with Crippen molar-refractivity contribution < 1.29 is 4.79 Å². The number of aromatic nitrogens is 1. The van der Waals surface area contributed by atoms with Crippen molar-refractivity contribution in [2.45, 2.75) is 0 Å². The maximum absolute atomic E-state index is 12.8. The minimum atomic E-state index is -0.112. The summed E-state index contributed by atoms with van der Waals surface area (Å²) in [5.74, 6) is 0.753. The van der Waals surface area contributed by atoms with Gasteiger partial charge in [-0.15, -0.1) is 0 Å². The van der Waals surface area contributed by atoms with Gasteiger partial charge in [0, 0.05) is 49.0 Å². The van der Waals surface area contributed by atoms with Crippen molar-refractivity contribution in [1.29, 1.82) is 0 Å². The molecule has 0 spiro atoms. The van der Waals surface area contributed by atoms with E-state index in [2.05, 4.69) is 27.1 Å². The third-order valence-electron chi connectivity index (χ3n) is 4.87. The molecule has 2 aromatic carbocycles. The molecular formula is C21H22N4O. The van der Waals surface area contributed by atoms with Crippen molar-refractivity contribution in [3.05, 3.63) is 66.4 Å². The van der Waals surface area contributed by atoms with Crippen LogP contribution in [0.15, 0.2) is 60.8 Å². The topological polar surface area (TPSA) is 48.5 Å². The van der Waals surface area contributed by atoms with Gasteiger partial charge in [-0.1, -0.05) is 36.4 Å². The number of hydrogen-bond acceptors (Lipinski definition) is 4. The number of carbonyl (C=O) groups excluding carboxylic acids is 1. The minimum Gasteiger partial charge on any atom is -0.354 e. The second-order valence-electron chi connectivity index (χ2n) is 6.67. The van der Waals surface area contributed by atoms with E-state index in [0.29, 0.717) is 5.56 Å². The predicted octanol–water partition coefficient (Wildman–Crippen LogP) is 3.24. The van der Waals surface area contributed by atoms with Gasteiger partial charge in [-0.3, -0.25) is 4.79 Å². The van der Waals surface area contributed by atoms with Gasteiger partial charge >= 0.3 is 0 Å². The monoisotopic (exact) mass is 346 g/mol. The number of fused-ring (bicyclic) bond motifs is 1. The Hall–Kier alpha value is -2.92. The van der Waals surface area contributed by atoms with Crippen molar-refractivity contribution in [1.82, 2.24) is 9.88 Å². The van der Waals surface area contributed by atoms with Crippen molar-refractivity contribution in [3.63, 3.8) is 0 Å². The van der Waals surface area contributed by atoms with E-state index in [-0.39, 0.29) is 5.91 Å². The van der Waals surface area contributed by atoms with E-state index in [4.69, 9.17) is 0 Å². The van der Waals surface area contributed by atoms with E-state index in [1.165, 1.54) is 0 Å². The lowest BCUT2D eigenvalue weighted by atomic mass is 10.1. The molecule has 3 aromatic rings. The van der Waals surface area contributed by atoms with Crippen molar-refractivity contribution in [2.24, 2.45) is 0 Å². The number of rotatable bonds is 3. The Morgan fingerprint density at radius 1 is 1.00 bits per heavy atom. The van der Waals surface area contributed by atoms with Crippen molar-refractivity contribution >= 4 is 28.2 Å². The molecule has 0 aliphatic carbocycles. The number of piperazine rings is 1. The van der Waals surface area contributed by atoms with Gasteiger partial charge in [-0.05, 0) is 30.6 Å². The number of pyridine rings is 1. The van der Waals surface area contributed by atoms with Gasteiger partial charge in [-0.2, -0.15) is 0 Å². The summed E-state index contributed by atoms with van der Waals surface area (Å²) >= 11 is 0. The van der Waals surface area contributed by atoms with Crippen LogP contribution in [-0.2, 0) is 0 Å². The Morgan fingerprint density at radius 2 is 1.77 bits per heavy atom. The van der Waals surface area contributed by atoms with Gasteiger partial charge in [0.05, 0.1) is 0 Å². The average Bonchev–Trinajstić information content (AvgIpc) is 2.69. The molecule has 4 rings (SSSR count). The summed E-state index contributed by atoms with van der Waals surface area (Å²) in [6, 6.07) is 17.6. The molecule has 1 aliphatic rings. The van der Waals surface area contributed by atoms with E-state index >= 15 is 0 Å². The number of hydrogen-bond donors (Lipinski definition) is 1. The Bertz CT molecular complexity index is 927. The lowest BCUT2D eigenvalue weighted by Gasteiger charge is -2.33. The third kappa shape index (κ3) is 3.39. The normalized spacial score (nSPS) is 15.2. The van der Waals surface area contributed by atoms with Crippen LogP contribution in [-0.4, -0.2) is 49.0 Å². The second kappa shape index (κ2) is 7.14.